The van der Waals surface area contributed by atoms with Gasteiger partial charge in [0.25, 0.3) is 0 Å². The second-order valence-corrected chi connectivity index (χ2v) is 10.8. The van der Waals surface area contributed by atoms with Gasteiger partial charge in [0.2, 0.25) is 0 Å². The number of rotatable bonds is 7. The summed E-state index contributed by atoms with van der Waals surface area (Å²) in [6.45, 7) is 3.26. The van der Waals surface area contributed by atoms with E-state index in [1.165, 1.54) is 69.8 Å². The maximum Gasteiger partial charge on any atom is 0.126 e. The second-order valence-electron chi connectivity index (χ2n) is 10.8. The number of hydrogen-bond donors (Lipinski definition) is 1. The van der Waals surface area contributed by atoms with Crippen molar-refractivity contribution in [3.63, 3.8) is 0 Å². The average Bonchev–Trinajstić information content (AvgIpc) is 2.81. The van der Waals surface area contributed by atoms with Crippen LogP contribution in [-0.2, 0) is 4.74 Å². The largest absolute Gasteiger partial charge is 0.378 e. The van der Waals surface area contributed by atoms with Gasteiger partial charge in [-0.05, 0) is 111 Å². The molecule has 2 saturated carbocycles. The van der Waals surface area contributed by atoms with E-state index in [1.807, 2.05) is 6.07 Å². The summed E-state index contributed by atoms with van der Waals surface area (Å²) in [6.07, 6.45) is 17.4. The minimum absolute atomic E-state index is 0.0184. The molecule has 1 heterocycles. The molecule has 2 aliphatic carbocycles. The molecule has 0 amide bonds. The molecular formula is C28H44FNO. The van der Waals surface area contributed by atoms with E-state index in [1.54, 1.807) is 0 Å². The summed E-state index contributed by atoms with van der Waals surface area (Å²) < 4.78 is 21.3. The monoisotopic (exact) mass is 429 g/mol. The van der Waals surface area contributed by atoms with E-state index in [0.717, 1.165) is 43.8 Å². The molecule has 174 valence electrons. The van der Waals surface area contributed by atoms with Gasteiger partial charge in [-0.15, -0.1) is 0 Å². The summed E-state index contributed by atoms with van der Waals surface area (Å²) >= 11 is 0. The lowest BCUT2D eigenvalue weighted by molar-refractivity contribution is -0.0578. The van der Waals surface area contributed by atoms with E-state index in [2.05, 4.69) is 19.1 Å². The van der Waals surface area contributed by atoms with E-state index >= 15 is 0 Å². The number of hydrogen-bond acceptors (Lipinski definition) is 2. The summed E-state index contributed by atoms with van der Waals surface area (Å²) in [4.78, 5) is 0. The van der Waals surface area contributed by atoms with Crippen LogP contribution in [0.15, 0.2) is 18.2 Å². The third-order valence-corrected chi connectivity index (χ3v) is 8.63. The molecule has 1 saturated heterocycles. The second kappa shape index (κ2) is 11.3. The molecular weight excluding hydrogens is 385 g/mol. The quantitative estimate of drug-likeness (QED) is 0.457. The molecule has 0 spiro atoms. The van der Waals surface area contributed by atoms with Crippen molar-refractivity contribution in [2.45, 2.75) is 121 Å². The molecule has 2 N–H and O–H groups in total. The Balaban J connectivity index is 1.24. The number of unbranched alkanes of at least 4 members (excludes halogenated alkanes) is 2. The first-order chi connectivity index (χ1) is 15.1. The fourth-order valence-corrected chi connectivity index (χ4v) is 6.49. The number of benzene rings is 1. The molecule has 3 aliphatic rings. The van der Waals surface area contributed by atoms with E-state index in [0.29, 0.717) is 29.9 Å². The van der Waals surface area contributed by atoms with Gasteiger partial charge in [-0.25, -0.2) is 4.39 Å². The Labute approximate surface area is 189 Å². The Morgan fingerprint density at radius 3 is 2.29 bits per heavy atom. The fourth-order valence-electron chi connectivity index (χ4n) is 6.49. The van der Waals surface area contributed by atoms with Crippen LogP contribution in [0.2, 0.25) is 0 Å². The molecule has 0 radical (unpaired) electrons. The maximum absolute atomic E-state index is 15.0. The summed E-state index contributed by atoms with van der Waals surface area (Å²) in [5, 5.41) is 0. The van der Waals surface area contributed by atoms with Gasteiger partial charge in [0, 0.05) is 12.6 Å². The van der Waals surface area contributed by atoms with Gasteiger partial charge in [0.1, 0.15) is 5.82 Å². The topological polar surface area (TPSA) is 35.2 Å². The van der Waals surface area contributed by atoms with Gasteiger partial charge in [0.15, 0.2) is 0 Å². The van der Waals surface area contributed by atoms with E-state index in [9.17, 15) is 4.39 Å². The SMILES string of the molecule is CCCCCC1CCC(C2CCC(c3ccc(C4CCC(N)CC4)c(F)c3)CC2)OC1. The molecule has 2 unspecified atom stereocenters. The minimum Gasteiger partial charge on any atom is -0.378 e. The van der Waals surface area contributed by atoms with Crippen molar-refractivity contribution in [3.8, 4) is 0 Å². The molecule has 3 fully saturated rings. The zero-order valence-corrected chi connectivity index (χ0v) is 19.7. The molecule has 4 rings (SSSR count). The normalized spacial score (nSPS) is 34.5. The number of ether oxygens (including phenoxy) is 1. The molecule has 0 bridgehead atoms. The lowest BCUT2D eigenvalue weighted by Gasteiger charge is -2.38. The van der Waals surface area contributed by atoms with Crippen LogP contribution in [0.1, 0.15) is 120 Å². The molecule has 1 aromatic carbocycles. The number of nitrogens with two attached hydrogens (primary N) is 1. The van der Waals surface area contributed by atoms with E-state index in [4.69, 9.17) is 10.5 Å². The Kier molecular flexibility index (Phi) is 8.45. The first-order valence-electron chi connectivity index (χ1n) is 13.3. The molecule has 31 heavy (non-hydrogen) atoms. The highest BCUT2D eigenvalue weighted by atomic mass is 19.1. The third kappa shape index (κ3) is 6.11. The summed E-state index contributed by atoms with van der Waals surface area (Å²) in [5.41, 5.74) is 8.17. The van der Waals surface area contributed by atoms with Gasteiger partial charge in [-0.1, -0.05) is 38.3 Å². The Morgan fingerprint density at radius 2 is 1.65 bits per heavy atom. The molecule has 2 atom stereocenters. The fraction of sp³-hybridized carbons (Fsp3) is 0.786. The predicted molar refractivity (Wildman–Crippen MR) is 127 cm³/mol. The van der Waals surface area contributed by atoms with Gasteiger partial charge in [-0.3, -0.25) is 0 Å². The van der Waals surface area contributed by atoms with Gasteiger partial charge in [0.05, 0.1) is 6.10 Å². The van der Waals surface area contributed by atoms with Gasteiger partial charge < -0.3 is 10.5 Å². The molecule has 3 heteroatoms. The smallest absolute Gasteiger partial charge is 0.126 e. The highest BCUT2D eigenvalue weighted by Gasteiger charge is 2.32. The zero-order chi connectivity index (χ0) is 21.6. The summed E-state index contributed by atoms with van der Waals surface area (Å²) in [7, 11) is 0. The average molecular weight is 430 g/mol. The van der Waals surface area contributed by atoms with Crippen LogP contribution in [0, 0.1) is 17.7 Å². The highest BCUT2D eigenvalue weighted by Crippen LogP contribution is 2.41. The van der Waals surface area contributed by atoms with Crippen LogP contribution in [0.25, 0.3) is 0 Å². The van der Waals surface area contributed by atoms with Gasteiger partial charge >= 0.3 is 0 Å². The maximum atomic E-state index is 15.0. The third-order valence-electron chi connectivity index (χ3n) is 8.63. The van der Waals surface area contributed by atoms with Crippen molar-refractivity contribution >= 4 is 0 Å². The van der Waals surface area contributed by atoms with Crippen LogP contribution < -0.4 is 5.73 Å². The highest BCUT2D eigenvalue weighted by molar-refractivity contribution is 5.30. The number of halogens is 1. The standard InChI is InChI=1S/C28H44FNO/c1-2-3-4-5-20-6-17-28(31-19-20)23-9-7-21(8-10-23)24-13-16-26(27(29)18-24)22-11-14-25(30)15-12-22/h13,16,18,20-23,25,28H,2-12,14-15,17,19,30H2,1H3. The molecule has 2 nitrogen and oxygen atoms in total. The van der Waals surface area contributed by atoms with E-state index < -0.39 is 0 Å². The van der Waals surface area contributed by atoms with Crippen molar-refractivity contribution in [3.05, 3.63) is 35.1 Å². The van der Waals surface area contributed by atoms with Gasteiger partial charge in [-0.2, -0.15) is 0 Å². The lowest BCUT2D eigenvalue weighted by atomic mass is 9.74. The van der Waals surface area contributed by atoms with Crippen LogP contribution in [0.5, 0.6) is 0 Å². The van der Waals surface area contributed by atoms with Crippen molar-refractivity contribution in [2.24, 2.45) is 17.6 Å². The van der Waals surface area contributed by atoms with E-state index in [-0.39, 0.29) is 5.82 Å². The summed E-state index contributed by atoms with van der Waals surface area (Å²) in [6, 6.07) is 6.47. The first-order valence-corrected chi connectivity index (χ1v) is 13.3. The van der Waals surface area contributed by atoms with Crippen LogP contribution in [-0.4, -0.2) is 18.8 Å². The predicted octanol–water partition coefficient (Wildman–Crippen LogP) is 7.46. The molecule has 1 aliphatic heterocycles. The Hall–Kier alpha value is -0.930. The van der Waals surface area contributed by atoms with Crippen LogP contribution in [0.3, 0.4) is 0 Å². The first kappa shape index (κ1) is 23.2. The van der Waals surface area contributed by atoms with Crippen molar-refractivity contribution in [2.75, 3.05) is 6.61 Å². The Bertz CT molecular complexity index is 668. The Morgan fingerprint density at radius 1 is 0.903 bits per heavy atom. The summed E-state index contributed by atoms with van der Waals surface area (Å²) in [5.74, 6) is 2.40. The molecule has 0 aromatic heterocycles. The lowest BCUT2D eigenvalue weighted by Crippen LogP contribution is -2.34. The van der Waals surface area contributed by atoms with Crippen molar-refractivity contribution < 1.29 is 9.13 Å². The van der Waals surface area contributed by atoms with Crippen LogP contribution >= 0.6 is 0 Å². The zero-order valence-electron chi connectivity index (χ0n) is 19.7. The minimum atomic E-state index is 0.0184. The van der Waals surface area contributed by atoms with Crippen molar-refractivity contribution in [1.82, 2.24) is 0 Å². The molecule has 1 aromatic rings. The van der Waals surface area contributed by atoms with Crippen molar-refractivity contribution in [1.29, 1.82) is 0 Å². The van der Waals surface area contributed by atoms with Crippen LogP contribution in [0.4, 0.5) is 4.39 Å².